The second-order valence-corrected chi connectivity index (χ2v) is 7.89. The predicted molar refractivity (Wildman–Crippen MR) is 91.7 cm³/mol. The van der Waals surface area contributed by atoms with Crippen LogP contribution in [0.3, 0.4) is 0 Å². The zero-order chi connectivity index (χ0) is 16.4. The summed E-state index contributed by atoms with van der Waals surface area (Å²) < 4.78 is 26.7. The van der Waals surface area contributed by atoms with Gasteiger partial charge in [-0.1, -0.05) is 35.3 Å². The summed E-state index contributed by atoms with van der Waals surface area (Å²) in [7, 11) is -3.54. The zero-order valence-corrected chi connectivity index (χ0v) is 14.5. The maximum absolute atomic E-state index is 12.6. The number of rotatable bonds is 3. The second kappa shape index (κ2) is 6.65. The molecular formula is C15H15Cl2N3O2S. The van der Waals surface area contributed by atoms with E-state index in [-0.39, 0.29) is 10.0 Å². The van der Waals surface area contributed by atoms with Gasteiger partial charge < -0.3 is 4.90 Å². The first-order valence-corrected chi connectivity index (χ1v) is 9.29. The molecule has 23 heavy (non-hydrogen) atoms. The number of sulfonamides is 1. The largest absolute Gasteiger partial charge is 0.368 e. The Hall–Kier alpha value is -1.34. The van der Waals surface area contributed by atoms with Gasteiger partial charge in [-0.05, 0) is 24.3 Å². The summed E-state index contributed by atoms with van der Waals surface area (Å²) in [4.78, 5) is 6.10. The van der Waals surface area contributed by atoms with E-state index in [1.807, 2.05) is 24.3 Å². The first-order valence-electron chi connectivity index (χ1n) is 7.10. The van der Waals surface area contributed by atoms with E-state index in [4.69, 9.17) is 23.2 Å². The van der Waals surface area contributed by atoms with Crippen LogP contribution in [0.1, 0.15) is 0 Å². The Balaban J connectivity index is 1.74. The molecule has 1 fully saturated rings. The van der Waals surface area contributed by atoms with E-state index < -0.39 is 10.0 Å². The van der Waals surface area contributed by atoms with Gasteiger partial charge in [-0.2, -0.15) is 4.31 Å². The van der Waals surface area contributed by atoms with Crippen LogP contribution in [0.15, 0.2) is 47.5 Å². The number of para-hydroxylation sites is 1. The topological polar surface area (TPSA) is 53.5 Å². The minimum absolute atomic E-state index is 0.160. The quantitative estimate of drug-likeness (QED) is 0.778. The van der Waals surface area contributed by atoms with Crippen molar-refractivity contribution in [3.63, 3.8) is 0 Å². The van der Waals surface area contributed by atoms with Crippen molar-refractivity contribution in [2.24, 2.45) is 0 Å². The minimum Gasteiger partial charge on any atom is -0.368 e. The van der Waals surface area contributed by atoms with Crippen LogP contribution in [0.4, 0.5) is 5.69 Å². The average molecular weight is 372 g/mol. The van der Waals surface area contributed by atoms with Gasteiger partial charge in [-0.25, -0.2) is 13.4 Å². The first kappa shape index (κ1) is 16.5. The van der Waals surface area contributed by atoms with Crippen LogP contribution >= 0.6 is 23.2 Å². The van der Waals surface area contributed by atoms with Gasteiger partial charge in [0.05, 0.1) is 10.7 Å². The fraction of sp³-hybridized carbons (Fsp3) is 0.267. The molecular weight excluding hydrogens is 357 g/mol. The maximum atomic E-state index is 12.6. The third kappa shape index (κ3) is 3.45. The van der Waals surface area contributed by atoms with Crippen LogP contribution in [-0.2, 0) is 10.0 Å². The van der Waals surface area contributed by atoms with Crippen LogP contribution in [0.5, 0.6) is 0 Å². The molecule has 0 amide bonds. The lowest BCUT2D eigenvalue weighted by atomic mass is 10.2. The summed E-state index contributed by atoms with van der Waals surface area (Å²) >= 11 is 11.9. The fourth-order valence-electron chi connectivity index (χ4n) is 2.54. The summed E-state index contributed by atoms with van der Waals surface area (Å²) in [6, 6.07) is 10.5. The lowest BCUT2D eigenvalue weighted by molar-refractivity contribution is 0.385. The van der Waals surface area contributed by atoms with E-state index >= 15 is 0 Å². The molecule has 0 unspecified atom stereocenters. The molecule has 8 heteroatoms. The van der Waals surface area contributed by atoms with Crippen LogP contribution < -0.4 is 4.90 Å². The molecule has 0 spiro atoms. The molecule has 1 aliphatic rings. The third-order valence-corrected chi connectivity index (χ3v) is 6.20. The van der Waals surface area contributed by atoms with E-state index in [2.05, 4.69) is 9.88 Å². The van der Waals surface area contributed by atoms with E-state index in [9.17, 15) is 8.42 Å². The molecule has 0 bridgehead atoms. The number of piperazine rings is 1. The molecule has 2 heterocycles. The summed E-state index contributed by atoms with van der Waals surface area (Å²) in [5.41, 5.74) is 0.930. The van der Waals surface area contributed by atoms with Gasteiger partial charge >= 0.3 is 0 Å². The minimum atomic E-state index is -3.54. The van der Waals surface area contributed by atoms with Crippen molar-refractivity contribution >= 4 is 38.9 Å². The Morgan fingerprint density at radius 2 is 1.65 bits per heavy atom. The number of hydrogen-bond acceptors (Lipinski definition) is 4. The predicted octanol–water partition coefficient (Wildman–Crippen LogP) is 2.90. The van der Waals surface area contributed by atoms with Gasteiger partial charge in [0.15, 0.2) is 0 Å². The molecule has 5 nitrogen and oxygen atoms in total. The van der Waals surface area contributed by atoms with Crippen molar-refractivity contribution in [1.82, 2.24) is 9.29 Å². The van der Waals surface area contributed by atoms with Crippen molar-refractivity contribution in [2.75, 3.05) is 31.1 Å². The molecule has 1 aromatic heterocycles. The molecule has 0 N–H and O–H groups in total. The van der Waals surface area contributed by atoms with Crippen molar-refractivity contribution in [3.8, 4) is 0 Å². The molecule has 0 atom stereocenters. The highest BCUT2D eigenvalue weighted by Crippen LogP contribution is 2.27. The Bertz CT molecular complexity index is 789. The van der Waals surface area contributed by atoms with Crippen LogP contribution in [0, 0.1) is 0 Å². The number of pyridine rings is 1. The molecule has 0 aliphatic carbocycles. The van der Waals surface area contributed by atoms with Crippen LogP contribution in [0.2, 0.25) is 10.2 Å². The van der Waals surface area contributed by atoms with Crippen LogP contribution in [-0.4, -0.2) is 43.9 Å². The van der Waals surface area contributed by atoms with Gasteiger partial charge in [-0.3, -0.25) is 0 Å². The molecule has 0 radical (unpaired) electrons. The van der Waals surface area contributed by atoms with Gasteiger partial charge in [0.2, 0.25) is 10.0 Å². The number of aromatic nitrogens is 1. The SMILES string of the molecule is O=S(=O)(c1ccc(Cl)nc1)N1CCN(c2ccccc2Cl)CC1. The Morgan fingerprint density at radius 3 is 2.26 bits per heavy atom. The molecule has 1 aromatic carbocycles. The number of anilines is 1. The highest BCUT2D eigenvalue weighted by Gasteiger charge is 2.29. The lowest BCUT2D eigenvalue weighted by Crippen LogP contribution is -2.48. The van der Waals surface area contributed by atoms with E-state index in [1.54, 1.807) is 0 Å². The smallest absolute Gasteiger partial charge is 0.244 e. The monoisotopic (exact) mass is 371 g/mol. The van der Waals surface area contributed by atoms with Crippen molar-refractivity contribution in [1.29, 1.82) is 0 Å². The molecule has 0 saturated carbocycles. The Labute approximate surface area is 145 Å². The van der Waals surface area contributed by atoms with Gasteiger partial charge in [0, 0.05) is 32.4 Å². The number of benzene rings is 1. The normalized spacial score (nSPS) is 16.5. The molecule has 3 rings (SSSR count). The first-order chi connectivity index (χ1) is 11.0. The van der Waals surface area contributed by atoms with Gasteiger partial charge in [0.1, 0.15) is 10.0 Å². The van der Waals surface area contributed by atoms with Crippen LogP contribution in [0.25, 0.3) is 0 Å². The second-order valence-electron chi connectivity index (χ2n) is 5.16. The summed E-state index contributed by atoms with van der Waals surface area (Å²) in [6.07, 6.45) is 1.29. The lowest BCUT2D eigenvalue weighted by Gasteiger charge is -2.35. The van der Waals surface area contributed by atoms with E-state index in [0.29, 0.717) is 31.2 Å². The average Bonchev–Trinajstić information content (AvgIpc) is 2.56. The molecule has 2 aromatic rings. The zero-order valence-electron chi connectivity index (χ0n) is 12.2. The molecule has 1 saturated heterocycles. The van der Waals surface area contributed by atoms with E-state index in [0.717, 1.165) is 5.69 Å². The Morgan fingerprint density at radius 1 is 0.957 bits per heavy atom. The highest BCUT2D eigenvalue weighted by atomic mass is 35.5. The standard InChI is InChI=1S/C15H15Cl2N3O2S/c16-13-3-1-2-4-14(13)19-7-9-20(10-8-19)23(21,22)12-5-6-15(17)18-11-12/h1-6,11H,7-10H2. The molecule has 122 valence electrons. The van der Waals surface area contributed by atoms with Gasteiger partial charge in [0.25, 0.3) is 0 Å². The fourth-order valence-corrected chi connectivity index (χ4v) is 4.28. The summed E-state index contributed by atoms with van der Waals surface area (Å²) in [5.74, 6) is 0. The third-order valence-electron chi connectivity index (χ3n) is 3.77. The van der Waals surface area contributed by atoms with Crippen molar-refractivity contribution in [3.05, 3.63) is 52.8 Å². The highest BCUT2D eigenvalue weighted by molar-refractivity contribution is 7.89. The number of nitrogens with zero attached hydrogens (tertiary/aromatic N) is 3. The number of hydrogen-bond donors (Lipinski definition) is 0. The van der Waals surface area contributed by atoms with Crippen molar-refractivity contribution in [2.45, 2.75) is 4.90 Å². The van der Waals surface area contributed by atoms with Gasteiger partial charge in [-0.15, -0.1) is 0 Å². The maximum Gasteiger partial charge on any atom is 0.244 e. The van der Waals surface area contributed by atoms with Crippen molar-refractivity contribution < 1.29 is 8.42 Å². The summed E-state index contributed by atoms with van der Waals surface area (Å²) in [5, 5.41) is 0.943. The summed E-state index contributed by atoms with van der Waals surface area (Å²) in [6.45, 7) is 1.97. The molecule has 1 aliphatic heterocycles. The van der Waals surface area contributed by atoms with E-state index in [1.165, 1.54) is 22.6 Å². The Kier molecular flexibility index (Phi) is 4.77. The number of halogens is 2.